The minimum Gasteiger partial charge on any atom is -0.277 e. The van der Waals surface area contributed by atoms with Crippen LogP contribution in [0.1, 0.15) is 6.92 Å². The molecule has 0 radical (unpaired) electrons. The van der Waals surface area contributed by atoms with Crippen molar-refractivity contribution >= 4 is 18.7 Å². The van der Waals surface area contributed by atoms with Crippen LogP contribution in [0.3, 0.4) is 0 Å². The highest BCUT2D eigenvalue weighted by molar-refractivity contribution is 5.92. The monoisotopic (exact) mass is 143 g/mol. The number of hydrogen-bond acceptors (Lipinski definition) is 3. The van der Waals surface area contributed by atoms with Crippen molar-refractivity contribution in [3.05, 3.63) is 0 Å². The first-order valence-electron chi connectivity index (χ1n) is 2.60. The Hall–Kier alpha value is -1.39. The first-order valence-corrected chi connectivity index (χ1v) is 2.60. The molecule has 0 unspecified atom stereocenters. The molecule has 0 atom stereocenters. The molecule has 3 amide bonds. The topological polar surface area (TPSA) is 61.8 Å². The highest BCUT2D eigenvalue weighted by Crippen LogP contribution is 1.81. The molecule has 1 N–H and O–H groups in total. The molecule has 5 heteroatoms. The fourth-order valence-electron chi connectivity index (χ4n) is 0.296. The number of nitrogens with one attached hydrogen (secondary N) is 1. The second-order valence-corrected chi connectivity index (χ2v) is 1.65. The zero-order valence-corrected chi connectivity index (χ0v) is 5.92. The number of hydrogen-bond donors (Lipinski definition) is 1. The quantitative estimate of drug-likeness (QED) is 0.408. The summed E-state index contributed by atoms with van der Waals surface area (Å²) >= 11 is 0. The van der Waals surface area contributed by atoms with E-state index in [0.717, 1.165) is 5.01 Å². The van der Waals surface area contributed by atoms with Crippen LogP contribution in [-0.2, 0) is 4.79 Å². The van der Waals surface area contributed by atoms with Crippen molar-refractivity contribution in [1.29, 1.82) is 0 Å². The van der Waals surface area contributed by atoms with Gasteiger partial charge in [-0.05, 0) is 0 Å². The average molecular weight is 143 g/mol. The number of hydrazone groups is 1. The van der Waals surface area contributed by atoms with Gasteiger partial charge in [0, 0.05) is 20.7 Å². The van der Waals surface area contributed by atoms with Crippen LogP contribution in [0.4, 0.5) is 4.79 Å². The van der Waals surface area contributed by atoms with Gasteiger partial charge in [-0.15, -0.1) is 0 Å². The second kappa shape index (κ2) is 3.60. The summed E-state index contributed by atoms with van der Waals surface area (Å²) in [5.41, 5.74) is 0. The lowest BCUT2D eigenvalue weighted by Gasteiger charge is -2.08. The van der Waals surface area contributed by atoms with Gasteiger partial charge in [-0.3, -0.25) is 10.1 Å². The molecule has 0 spiro atoms. The van der Waals surface area contributed by atoms with Gasteiger partial charge in [-0.2, -0.15) is 5.10 Å². The van der Waals surface area contributed by atoms with Crippen molar-refractivity contribution in [3.63, 3.8) is 0 Å². The van der Waals surface area contributed by atoms with Crippen molar-refractivity contribution in [2.75, 3.05) is 7.05 Å². The van der Waals surface area contributed by atoms with Gasteiger partial charge in [0.25, 0.3) is 0 Å². The van der Waals surface area contributed by atoms with Gasteiger partial charge in [0.2, 0.25) is 5.91 Å². The number of nitrogens with zero attached hydrogens (tertiary/aromatic N) is 2. The number of rotatable bonds is 1. The van der Waals surface area contributed by atoms with Crippen LogP contribution in [0.25, 0.3) is 0 Å². The van der Waals surface area contributed by atoms with E-state index in [1.807, 2.05) is 5.32 Å². The van der Waals surface area contributed by atoms with Crippen molar-refractivity contribution in [2.24, 2.45) is 5.10 Å². The third-order valence-corrected chi connectivity index (χ3v) is 0.789. The Kier molecular flexibility index (Phi) is 3.10. The van der Waals surface area contributed by atoms with E-state index in [1.165, 1.54) is 14.0 Å². The zero-order chi connectivity index (χ0) is 8.15. The summed E-state index contributed by atoms with van der Waals surface area (Å²) in [6, 6.07) is -0.581. The Morgan fingerprint density at radius 1 is 1.60 bits per heavy atom. The molecule has 0 aromatic rings. The van der Waals surface area contributed by atoms with Crippen LogP contribution in [-0.4, -0.2) is 30.7 Å². The number of amides is 3. The predicted octanol–water partition coefficient (Wildman–Crippen LogP) is -0.210. The van der Waals surface area contributed by atoms with Crippen molar-refractivity contribution in [3.8, 4) is 0 Å². The van der Waals surface area contributed by atoms with Gasteiger partial charge in [-0.1, -0.05) is 0 Å². The van der Waals surface area contributed by atoms with E-state index in [2.05, 4.69) is 11.8 Å². The molecular weight excluding hydrogens is 134 g/mol. The smallest absolute Gasteiger partial charge is 0.277 e. The zero-order valence-electron chi connectivity index (χ0n) is 5.92. The fraction of sp³-hybridized carbons (Fsp3) is 0.400. The molecule has 0 fully saturated rings. The maximum Gasteiger partial charge on any atom is 0.344 e. The maximum atomic E-state index is 10.6. The van der Waals surface area contributed by atoms with Crippen LogP contribution < -0.4 is 5.32 Å². The third-order valence-electron chi connectivity index (χ3n) is 0.789. The van der Waals surface area contributed by atoms with E-state index in [1.54, 1.807) is 0 Å². The lowest BCUT2D eigenvalue weighted by Crippen LogP contribution is -2.36. The maximum absolute atomic E-state index is 10.6. The number of carbonyl (C=O) groups excluding carboxylic acids is 2. The van der Waals surface area contributed by atoms with Crippen molar-refractivity contribution in [1.82, 2.24) is 10.3 Å². The van der Waals surface area contributed by atoms with E-state index >= 15 is 0 Å². The van der Waals surface area contributed by atoms with Gasteiger partial charge in [0.1, 0.15) is 0 Å². The molecule has 0 heterocycles. The summed E-state index contributed by atoms with van der Waals surface area (Å²) in [5.74, 6) is -0.416. The molecule has 0 aromatic carbocycles. The molecule has 5 nitrogen and oxygen atoms in total. The van der Waals surface area contributed by atoms with Gasteiger partial charge in [0.15, 0.2) is 0 Å². The molecular formula is C5H9N3O2. The van der Waals surface area contributed by atoms with E-state index in [-0.39, 0.29) is 0 Å². The molecule has 56 valence electrons. The van der Waals surface area contributed by atoms with E-state index < -0.39 is 11.9 Å². The third kappa shape index (κ3) is 2.81. The summed E-state index contributed by atoms with van der Waals surface area (Å²) in [7, 11) is 1.39. The Bertz CT molecular complexity index is 166. The van der Waals surface area contributed by atoms with E-state index in [4.69, 9.17) is 0 Å². The number of carbonyl (C=O) groups is 2. The van der Waals surface area contributed by atoms with E-state index in [9.17, 15) is 9.59 Å². The largest absolute Gasteiger partial charge is 0.344 e. The normalized spacial score (nSPS) is 8.20. The molecule has 0 rings (SSSR count). The van der Waals surface area contributed by atoms with Crippen LogP contribution in [0.5, 0.6) is 0 Å². The second-order valence-electron chi connectivity index (χ2n) is 1.65. The van der Waals surface area contributed by atoms with Gasteiger partial charge >= 0.3 is 6.03 Å². The Labute approximate surface area is 58.7 Å². The Morgan fingerprint density at radius 3 is 2.40 bits per heavy atom. The Balaban J connectivity index is 3.84. The van der Waals surface area contributed by atoms with Crippen LogP contribution >= 0.6 is 0 Å². The summed E-state index contributed by atoms with van der Waals surface area (Å²) in [5, 5.41) is 6.20. The lowest BCUT2D eigenvalue weighted by atomic mass is 10.7. The minimum absolute atomic E-state index is 0.416. The SMILES string of the molecule is C=NN(C)C(=O)NC(C)=O. The van der Waals surface area contributed by atoms with Gasteiger partial charge in [-0.25, -0.2) is 9.80 Å². The number of imide groups is 1. The van der Waals surface area contributed by atoms with Crippen LogP contribution in [0.15, 0.2) is 5.10 Å². The standard InChI is InChI=1S/C5H9N3O2/c1-4(9)7-5(10)8(3)6-2/h2H2,1,3H3,(H,7,9,10). The van der Waals surface area contributed by atoms with Crippen molar-refractivity contribution in [2.45, 2.75) is 6.92 Å². The minimum atomic E-state index is -0.581. The molecule has 0 aliphatic carbocycles. The van der Waals surface area contributed by atoms with Gasteiger partial charge < -0.3 is 0 Å². The average Bonchev–Trinajstić information content (AvgIpc) is 1.85. The summed E-state index contributed by atoms with van der Waals surface area (Å²) in [6.45, 7) is 4.34. The molecule has 0 aliphatic rings. The Morgan fingerprint density at radius 2 is 2.10 bits per heavy atom. The highest BCUT2D eigenvalue weighted by atomic mass is 16.2. The lowest BCUT2D eigenvalue weighted by molar-refractivity contribution is -0.118. The predicted molar refractivity (Wildman–Crippen MR) is 36.5 cm³/mol. The summed E-state index contributed by atoms with van der Waals surface area (Å²) in [6.07, 6.45) is 0. The van der Waals surface area contributed by atoms with Gasteiger partial charge in [0.05, 0.1) is 0 Å². The molecule has 0 saturated heterocycles. The van der Waals surface area contributed by atoms with E-state index in [0.29, 0.717) is 0 Å². The highest BCUT2D eigenvalue weighted by Gasteiger charge is 2.05. The number of urea groups is 1. The molecule has 0 aliphatic heterocycles. The molecule has 0 bridgehead atoms. The fourth-order valence-corrected chi connectivity index (χ4v) is 0.296. The van der Waals surface area contributed by atoms with Crippen LogP contribution in [0, 0.1) is 0 Å². The first kappa shape index (κ1) is 8.61. The first-order chi connectivity index (χ1) is 4.57. The van der Waals surface area contributed by atoms with Crippen molar-refractivity contribution < 1.29 is 9.59 Å². The molecule has 0 aromatic heterocycles. The van der Waals surface area contributed by atoms with Crippen LogP contribution in [0.2, 0.25) is 0 Å². The summed E-state index contributed by atoms with van der Waals surface area (Å²) in [4.78, 5) is 20.9. The molecule has 10 heavy (non-hydrogen) atoms. The molecule has 0 saturated carbocycles. The summed E-state index contributed by atoms with van der Waals surface area (Å²) < 4.78 is 0.